The van der Waals surface area contributed by atoms with Crippen molar-refractivity contribution in [1.82, 2.24) is 0 Å². The number of thiophene rings is 1. The highest BCUT2D eigenvalue weighted by atomic mass is 79.9. The lowest BCUT2D eigenvalue weighted by atomic mass is 9.89. The Morgan fingerprint density at radius 3 is 2.91 bits per heavy atom. The molecule has 0 spiro atoms. The molecule has 0 fully saturated rings. The van der Waals surface area contributed by atoms with Gasteiger partial charge < -0.3 is 0 Å². The zero-order valence-electron chi connectivity index (χ0n) is 12.9. The van der Waals surface area contributed by atoms with Gasteiger partial charge in [-0.25, -0.2) is 4.99 Å². The van der Waals surface area contributed by atoms with Gasteiger partial charge in [0.1, 0.15) is 11.1 Å². The van der Waals surface area contributed by atoms with Crippen LogP contribution in [0.4, 0.5) is 5.00 Å². The molecule has 0 saturated heterocycles. The molecule has 1 aromatic carbocycles. The van der Waals surface area contributed by atoms with E-state index in [-0.39, 0.29) is 0 Å². The summed E-state index contributed by atoms with van der Waals surface area (Å²) in [4.78, 5) is 5.90. The molecule has 1 heterocycles. The van der Waals surface area contributed by atoms with Crippen LogP contribution in [-0.2, 0) is 12.8 Å². The van der Waals surface area contributed by atoms with E-state index in [2.05, 4.69) is 33.9 Å². The summed E-state index contributed by atoms with van der Waals surface area (Å²) in [7, 11) is 0. The van der Waals surface area contributed by atoms with Crippen LogP contribution in [0.3, 0.4) is 0 Å². The maximum Gasteiger partial charge on any atom is 0.134 e. The Bertz CT molecular complexity index is 797. The van der Waals surface area contributed by atoms with E-state index in [1.54, 1.807) is 17.6 Å². The first-order chi connectivity index (χ1) is 11.2. The van der Waals surface area contributed by atoms with Gasteiger partial charge in [0.2, 0.25) is 0 Å². The normalized spacial score (nSPS) is 18.0. The molecular weight excluding hydrogens is 368 g/mol. The van der Waals surface area contributed by atoms with Gasteiger partial charge in [0.25, 0.3) is 0 Å². The molecule has 0 unspecified atom stereocenters. The summed E-state index contributed by atoms with van der Waals surface area (Å²) in [5, 5.41) is 10.3. The molecule has 0 amide bonds. The minimum atomic E-state index is 0.703. The number of nitrogens with zero attached hydrogens (tertiary/aromatic N) is 2. The van der Waals surface area contributed by atoms with Gasteiger partial charge in [-0.2, -0.15) is 5.26 Å². The Morgan fingerprint density at radius 1 is 1.39 bits per heavy atom. The molecule has 1 aliphatic rings. The second-order valence-electron chi connectivity index (χ2n) is 5.84. The second kappa shape index (κ2) is 7.25. The molecule has 2 nitrogen and oxygen atoms in total. The molecule has 3 rings (SSSR count). The Hall–Kier alpha value is -1.70. The van der Waals surface area contributed by atoms with Gasteiger partial charge in [-0.1, -0.05) is 37.3 Å². The summed E-state index contributed by atoms with van der Waals surface area (Å²) in [6.45, 7) is 2.27. The Balaban J connectivity index is 1.86. The average Bonchev–Trinajstić information content (AvgIpc) is 2.90. The molecular formula is C19H17BrN2S. The molecule has 116 valence electrons. The minimum Gasteiger partial charge on any atom is -0.243 e. The number of halogens is 1. The number of nitriles is 1. The lowest BCUT2D eigenvalue weighted by Crippen LogP contribution is -2.09. The van der Waals surface area contributed by atoms with Gasteiger partial charge in [-0.3, -0.25) is 0 Å². The number of allylic oxidation sites excluding steroid dienone is 1. The Kier molecular flexibility index (Phi) is 5.09. The van der Waals surface area contributed by atoms with Crippen LogP contribution in [0.5, 0.6) is 0 Å². The standard InChI is InChI=1S/C19H17BrN2S/c1-13-7-8-16-17(11-21)19(23-18(16)9-13)22-12-15(20)10-14-5-3-2-4-6-14/h2-6,10,12-13H,7-9H2,1H3/b15-10-,22-12?/t13-/m1/s1. The van der Waals surface area contributed by atoms with E-state index in [1.807, 2.05) is 36.4 Å². The summed E-state index contributed by atoms with van der Waals surface area (Å²) in [5.41, 5.74) is 3.12. The predicted molar refractivity (Wildman–Crippen MR) is 102 cm³/mol. The molecule has 0 saturated carbocycles. The molecule has 2 aromatic rings. The molecule has 0 radical (unpaired) electrons. The molecule has 0 N–H and O–H groups in total. The zero-order valence-corrected chi connectivity index (χ0v) is 15.3. The van der Waals surface area contributed by atoms with Crippen molar-refractivity contribution in [3.63, 3.8) is 0 Å². The van der Waals surface area contributed by atoms with Crippen LogP contribution < -0.4 is 0 Å². The van der Waals surface area contributed by atoms with E-state index in [0.29, 0.717) is 5.92 Å². The van der Waals surface area contributed by atoms with Crippen molar-refractivity contribution in [3.8, 4) is 6.07 Å². The van der Waals surface area contributed by atoms with Crippen LogP contribution in [-0.4, -0.2) is 6.21 Å². The summed E-state index contributed by atoms with van der Waals surface area (Å²) >= 11 is 5.20. The van der Waals surface area contributed by atoms with Crippen molar-refractivity contribution < 1.29 is 0 Å². The molecule has 1 atom stereocenters. The van der Waals surface area contributed by atoms with E-state index >= 15 is 0 Å². The maximum atomic E-state index is 9.49. The largest absolute Gasteiger partial charge is 0.243 e. The van der Waals surface area contributed by atoms with E-state index < -0.39 is 0 Å². The monoisotopic (exact) mass is 384 g/mol. The quantitative estimate of drug-likeness (QED) is 0.608. The topological polar surface area (TPSA) is 36.1 Å². The number of benzene rings is 1. The SMILES string of the molecule is C[C@@H]1CCc2c(sc(N=C/C(Br)=C/c3ccccc3)c2C#N)C1. The van der Waals surface area contributed by atoms with E-state index in [9.17, 15) is 5.26 Å². The number of aliphatic imine (C=N–C) groups is 1. The molecule has 0 bridgehead atoms. The zero-order chi connectivity index (χ0) is 16.2. The third-order valence-electron chi connectivity index (χ3n) is 4.01. The van der Waals surface area contributed by atoms with Crippen LogP contribution in [0, 0.1) is 17.2 Å². The van der Waals surface area contributed by atoms with E-state index in [4.69, 9.17) is 0 Å². The number of hydrogen-bond donors (Lipinski definition) is 0. The van der Waals surface area contributed by atoms with Crippen molar-refractivity contribution in [2.75, 3.05) is 0 Å². The van der Waals surface area contributed by atoms with Crippen molar-refractivity contribution in [2.45, 2.75) is 26.2 Å². The summed E-state index contributed by atoms with van der Waals surface area (Å²) in [6, 6.07) is 12.4. The van der Waals surface area contributed by atoms with Gasteiger partial charge >= 0.3 is 0 Å². The van der Waals surface area contributed by atoms with Gasteiger partial charge in [-0.15, -0.1) is 11.3 Å². The molecule has 4 heteroatoms. The fourth-order valence-electron chi connectivity index (χ4n) is 2.81. The lowest BCUT2D eigenvalue weighted by Gasteiger charge is -2.17. The first kappa shape index (κ1) is 16.2. The highest BCUT2D eigenvalue weighted by Crippen LogP contribution is 2.40. The number of fused-ring (bicyclic) bond motifs is 1. The third-order valence-corrected chi connectivity index (χ3v) is 5.61. The molecule has 1 aromatic heterocycles. The Labute approximate surface area is 149 Å². The molecule has 0 aliphatic heterocycles. The highest BCUT2D eigenvalue weighted by Gasteiger charge is 2.23. The van der Waals surface area contributed by atoms with Crippen LogP contribution in [0.25, 0.3) is 6.08 Å². The molecule has 23 heavy (non-hydrogen) atoms. The maximum absolute atomic E-state index is 9.49. The lowest BCUT2D eigenvalue weighted by molar-refractivity contribution is 0.507. The van der Waals surface area contributed by atoms with Crippen LogP contribution in [0.15, 0.2) is 39.8 Å². The van der Waals surface area contributed by atoms with Crippen LogP contribution in [0.2, 0.25) is 0 Å². The predicted octanol–water partition coefficient (Wildman–Crippen LogP) is 5.88. The fraction of sp³-hybridized carbons (Fsp3) is 0.263. The minimum absolute atomic E-state index is 0.703. The molecule has 1 aliphatic carbocycles. The summed E-state index contributed by atoms with van der Waals surface area (Å²) in [5.74, 6) is 0.703. The van der Waals surface area contributed by atoms with Gasteiger partial charge in [0.15, 0.2) is 0 Å². The summed E-state index contributed by atoms with van der Waals surface area (Å²) < 4.78 is 0.896. The first-order valence-electron chi connectivity index (χ1n) is 7.68. The van der Waals surface area contributed by atoms with E-state index in [0.717, 1.165) is 33.5 Å². The first-order valence-corrected chi connectivity index (χ1v) is 9.29. The number of hydrogen-bond acceptors (Lipinski definition) is 3. The summed E-state index contributed by atoms with van der Waals surface area (Å²) in [6.07, 6.45) is 7.05. The average molecular weight is 385 g/mol. The van der Waals surface area contributed by atoms with Crippen molar-refractivity contribution in [3.05, 3.63) is 56.4 Å². The number of rotatable bonds is 3. The van der Waals surface area contributed by atoms with Crippen LogP contribution in [0.1, 0.15) is 34.9 Å². The Morgan fingerprint density at radius 2 is 2.17 bits per heavy atom. The van der Waals surface area contributed by atoms with Gasteiger partial charge in [-0.05, 0) is 58.3 Å². The fourth-order valence-corrected chi connectivity index (χ4v) is 4.48. The van der Waals surface area contributed by atoms with Crippen molar-refractivity contribution >= 4 is 44.6 Å². The van der Waals surface area contributed by atoms with Gasteiger partial charge in [0, 0.05) is 15.6 Å². The van der Waals surface area contributed by atoms with Gasteiger partial charge in [0.05, 0.1) is 5.56 Å². The van der Waals surface area contributed by atoms with Crippen molar-refractivity contribution in [2.24, 2.45) is 10.9 Å². The van der Waals surface area contributed by atoms with Crippen LogP contribution >= 0.6 is 27.3 Å². The van der Waals surface area contributed by atoms with E-state index in [1.165, 1.54) is 16.9 Å². The highest BCUT2D eigenvalue weighted by molar-refractivity contribution is 9.12. The smallest absolute Gasteiger partial charge is 0.134 e. The third kappa shape index (κ3) is 3.80. The van der Waals surface area contributed by atoms with Crippen molar-refractivity contribution in [1.29, 1.82) is 5.26 Å². The second-order valence-corrected chi connectivity index (χ2v) is 7.84.